The first kappa shape index (κ1) is 18.1. The van der Waals surface area contributed by atoms with Gasteiger partial charge in [0.25, 0.3) is 0 Å². The van der Waals surface area contributed by atoms with E-state index in [4.69, 9.17) is 16.3 Å². The second-order valence-corrected chi connectivity index (χ2v) is 7.20. The molecule has 1 fully saturated rings. The van der Waals surface area contributed by atoms with Gasteiger partial charge in [-0.15, -0.1) is 0 Å². The first-order valence-corrected chi connectivity index (χ1v) is 9.46. The van der Waals surface area contributed by atoms with Gasteiger partial charge in [0.05, 0.1) is 23.7 Å². The highest BCUT2D eigenvalue weighted by molar-refractivity contribution is 9.10. The summed E-state index contributed by atoms with van der Waals surface area (Å²) in [6.07, 6.45) is 0.388. The Balaban J connectivity index is 1.45. The Morgan fingerprint density at radius 3 is 2.56 bits per heavy atom. The molecule has 1 heterocycles. The summed E-state index contributed by atoms with van der Waals surface area (Å²) >= 11 is 9.66. The maximum Gasteiger partial charge on any atom is 0.226 e. The van der Waals surface area contributed by atoms with E-state index in [1.807, 2.05) is 53.4 Å². The molecule has 132 valence electrons. The SMILES string of the molecule is O=C(CCOc1cccc(Br)c1)N1CCN(c2ccccc2Cl)CC1. The van der Waals surface area contributed by atoms with Gasteiger partial charge < -0.3 is 14.5 Å². The number of benzene rings is 2. The summed E-state index contributed by atoms with van der Waals surface area (Å²) in [5, 5.41) is 0.754. The number of halogens is 2. The molecule has 0 N–H and O–H groups in total. The number of hydrogen-bond donors (Lipinski definition) is 0. The van der Waals surface area contributed by atoms with E-state index in [0.29, 0.717) is 26.1 Å². The number of amides is 1. The molecule has 4 nitrogen and oxygen atoms in total. The van der Waals surface area contributed by atoms with E-state index in [2.05, 4.69) is 20.8 Å². The van der Waals surface area contributed by atoms with Crippen LogP contribution in [0.25, 0.3) is 0 Å². The van der Waals surface area contributed by atoms with E-state index < -0.39 is 0 Å². The molecule has 0 unspecified atom stereocenters. The summed E-state index contributed by atoms with van der Waals surface area (Å²) in [4.78, 5) is 16.5. The van der Waals surface area contributed by atoms with E-state index in [1.165, 1.54) is 0 Å². The Kier molecular flexibility index (Phi) is 6.21. The van der Waals surface area contributed by atoms with Gasteiger partial charge in [-0.1, -0.05) is 45.7 Å². The Morgan fingerprint density at radius 2 is 1.84 bits per heavy atom. The number of nitrogens with zero attached hydrogens (tertiary/aromatic N) is 2. The summed E-state index contributed by atoms with van der Waals surface area (Å²) in [5.74, 6) is 0.902. The molecule has 0 aliphatic carbocycles. The van der Waals surface area contributed by atoms with E-state index in [-0.39, 0.29) is 5.91 Å². The van der Waals surface area contributed by atoms with Crippen LogP contribution in [-0.4, -0.2) is 43.6 Å². The lowest BCUT2D eigenvalue weighted by Crippen LogP contribution is -2.49. The average Bonchev–Trinajstić information content (AvgIpc) is 2.62. The fourth-order valence-electron chi connectivity index (χ4n) is 2.88. The molecule has 6 heteroatoms. The largest absolute Gasteiger partial charge is 0.493 e. The molecule has 0 bridgehead atoms. The molecule has 0 aromatic heterocycles. The van der Waals surface area contributed by atoms with Crippen molar-refractivity contribution in [1.29, 1.82) is 0 Å². The van der Waals surface area contributed by atoms with Gasteiger partial charge in [-0.2, -0.15) is 0 Å². The molecule has 1 saturated heterocycles. The van der Waals surface area contributed by atoms with Crippen molar-refractivity contribution in [3.05, 3.63) is 58.0 Å². The van der Waals surface area contributed by atoms with Crippen LogP contribution in [0.5, 0.6) is 5.75 Å². The molecule has 2 aromatic rings. The molecule has 1 aliphatic rings. The van der Waals surface area contributed by atoms with Crippen molar-refractivity contribution in [1.82, 2.24) is 4.90 Å². The van der Waals surface area contributed by atoms with Crippen LogP contribution in [-0.2, 0) is 4.79 Å². The van der Waals surface area contributed by atoms with Crippen LogP contribution < -0.4 is 9.64 Å². The Hall–Kier alpha value is -1.72. The van der Waals surface area contributed by atoms with Crippen molar-refractivity contribution in [2.75, 3.05) is 37.7 Å². The molecule has 1 aliphatic heterocycles. The number of carbonyl (C=O) groups is 1. The minimum atomic E-state index is 0.133. The van der Waals surface area contributed by atoms with Gasteiger partial charge in [-0.3, -0.25) is 4.79 Å². The topological polar surface area (TPSA) is 32.8 Å². The quantitative estimate of drug-likeness (QED) is 0.722. The summed E-state index contributed by atoms with van der Waals surface area (Å²) in [7, 11) is 0. The molecule has 2 aromatic carbocycles. The zero-order chi connectivity index (χ0) is 17.6. The number of rotatable bonds is 5. The summed E-state index contributed by atoms with van der Waals surface area (Å²) < 4.78 is 6.61. The van der Waals surface area contributed by atoms with Crippen molar-refractivity contribution < 1.29 is 9.53 Å². The molecular weight excluding hydrogens is 404 g/mol. The van der Waals surface area contributed by atoms with Gasteiger partial charge in [0.1, 0.15) is 5.75 Å². The molecule has 0 radical (unpaired) electrons. The van der Waals surface area contributed by atoms with Crippen LogP contribution in [0.2, 0.25) is 5.02 Å². The number of hydrogen-bond acceptors (Lipinski definition) is 3. The van der Waals surface area contributed by atoms with Gasteiger partial charge in [-0.05, 0) is 30.3 Å². The van der Waals surface area contributed by atoms with E-state index in [1.54, 1.807) is 0 Å². The minimum Gasteiger partial charge on any atom is -0.493 e. The highest BCUT2D eigenvalue weighted by Crippen LogP contribution is 2.26. The maximum absolute atomic E-state index is 12.4. The first-order chi connectivity index (χ1) is 12.1. The monoisotopic (exact) mass is 422 g/mol. The standard InChI is InChI=1S/C19H20BrClN2O2/c20-15-4-3-5-16(14-15)25-13-8-19(24)23-11-9-22(10-12-23)18-7-2-1-6-17(18)21/h1-7,14H,8-13H2. The zero-order valence-electron chi connectivity index (χ0n) is 13.8. The second kappa shape index (κ2) is 8.59. The third-order valence-corrected chi connectivity index (χ3v) is 5.02. The first-order valence-electron chi connectivity index (χ1n) is 8.29. The lowest BCUT2D eigenvalue weighted by atomic mass is 10.2. The number of ether oxygens (including phenoxy) is 1. The Labute approximate surface area is 161 Å². The molecule has 0 spiro atoms. The summed E-state index contributed by atoms with van der Waals surface area (Å²) in [6, 6.07) is 15.5. The van der Waals surface area contributed by atoms with Gasteiger partial charge in [-0.25, -0.2) is 0 Å². The van der Waals surface area contributed by atoms with Gasteiger partial charge in [0.15, 0.2) is 0 Å². The maximum atomic E-state index is 12.4. The predicted octanol–water partition coefficient (Wildman–Crippen LogP) is 4.22. The van der Waals surface area contributed by atoms with Crippen LogP contribution in [0, 0.1) is 0 Å². The highest BCUT2D eigenvalue weighted by atomic mass is 79.9. The predicted molar refractivity (Wildman–Crippen MR) is 104 cm³/mol. The van der Waals surface area contributed by atoms with Crippen LogP contribution >= 0.6 is 27.5 Å². The van der Waals surface area contributed by atoms with Crippen molar-refractivity contribution in [3.8, 4) is 5.75 Å². The van der Waals surface area contributed by atoms with Gasteiger partial charge in [0.2, 0.25) is 5.91 Å². The Morgan fingerprint density at radius 1 is 1.08 bits per heavy atom. The molecule has 1 amide bonds. The van der Waals surface area contributed by atoms with Gasteiger partial charge >= 0.3 is 0 Å². The van der Waals surface area contributed by atoms with Crippen molar-refractivity contribution in [2.45, 2.75) is 6.42 Å². The normalized spacial score (nSPS) is 14.5. The van der Waals surface area contributed by atoms with Crippen molar-refractivity contribution in [3.63, 3.8) is 0 Å². The number of piperazine rings is 1. The molecule has 0 atom stereocenters. The fraction of sp³-hybridized carbons (Fsp3) is 0.316. The van der Waals surface area contributed by atoms with E-state index >= 15 is 0 Å². The fourth-order valence-corrected chi connectivity index (χ4v) is 3.51. The molecule has 25 heavy (non-hydrogen) atoms. The molecule has 0 saturated carbocycles. The van der Waals surface area contributed by atoms with E-state index in [0.717, 1.165) is 34.0 Å². The molecule has 3 rings (SSSR count). The van der Waals surface area contributed by atoms with Crippen molar-refractivity contribution >= 4 is 39.1 Å². The Bertz CT molecular complexity index is 733. The van der Waals surface area contributed by atoms with Crippen LogP contribution in [0.1, 0.15) is 6.42 Å². The van der Waals surface area contributed by atoms with E-state index in [9.17, 15) is 4.79 Å². The number of anilines is 1. The lowest BCUT2D eigenvalue weighted by molar-refractivity contribution is -0.132. The number of para-hydroxylation sites is 1. The third kappa shape index (κ3) is 4.89. The van der Waals surface area contributed by atoms with Gasteiger partial charge in [0, 0.05) is 30.7 Å². The minimum absolute atomic E-state index is 0.133. The van der Waals surface area contributed by atoms with Crippen LogP contribution in [0.15, 0.2) is 53.0 Å². The third-order valence-electron chi connectivity index (χ3n) is 4.21. The molecular formula is C19H20BrClN2O2. The van der Waals surface area contributed by atoms with Crippen LogP contribution in [0.3, 0.4) is 0 Å². The smallest absolute Gasteiger partial charge is 0.226 e. The lowest BCUT2D eigenvalue weighted by Gasteiger charge is -2.36. The summed E-state index contributed by atoms with van der Waals surface area (Å²) in [6.45, 7) is 3.39. The number of carbonyl (C=O) groups excluding carboxylic acids is 1. The highest BCUT2D eigenvalue weighted by Gasteiger charge is 2.22. The van der Waals surface area contributed by atoms with Crippen molar-refractivity contribution in [2.24, 2.45) is 0 Å². The van der Waals surface area contributed by atoms with Crippen LogP contribution in [0.4, 0.5) is 5.69 Å². The average molecular weight is 424 g/mol. The zero-order valence-corrected chi connectivity index (χ0v) is 16.2. The second-order valence-electron chi connectivity index (χ2n) is 5.88. The summed E-state index contributed by atoms with van der Waals surface area (Å²) in [5.41, 5.74) is 1.04.